The summed E-state index contributed by atoms with van der Waals surface area (Å²) < 4.78 is 0. The number of hydrogen-bond donors (Lipinski definition) is 0. The van der Waals surface area contributed by atoms with Crippen LogP contribution in [0.3, 0.4) is 0 Å². The summed E-state index contributed by atoms with van der Waals surface area (Å²) in [5.41, 5.74) is 2.15. The van der Waals surface area contributed by atoms with Gasteiger partial charge in [-0.2, -0.15) is 10.5 Å². The molecule has 18 heavy (non-hydrogen) atoms. The van der Waals surface area contributed by atoms with E-state index in [0.29, 0.717) is 6.42 Å². The van der Waals surface area contributed by atoms with Crippen molar-refractivity contribution in [1.29, 1.82) is 10.5 Å². The Kier molecular flexibility index (Phi) is 3.41. The predicted octanol–water partition coefficient (Wildman–Crippen LogP) is 3.75. The zero-order chi connectivity index (χ0) is 13.0. The minimum absolute atomic E-state index is 0.211. The zero-order valence-corrected chi connectivity index (χ0v) is 10.1. The van der Waals surface area contributed by atoms with Gasteiger partial charge in [-0.15, -0.1) is 0 Å². The van der Waals surface area contributed by atoms with Gasteiger partial charge in [0.2, 0.25) is 0 Å². The maximum Gasteiger partial charge on any atom is 0.128 e. The fourth-order valence-corrected chi connectivity index (χ4v) is 1.96. The standard InChI is InChI=1S/C16H12N2/c1-12(16(10-17)11-18)8-13-6-7-14-4-2-3-5-15(14)9-13/h2-7,9H,8H2,1H3. The molecule has 2 nitrogen and oxygen atoms in total. The first kappa shape index (κ1) is 11.9. The smallest absolute Gasteiger partial charge is 0.128 e. The highest BCUT2D eigenvalue weighted by Gasteiger charge is 2.03. The van der Waals surface area contributed by atoms with Crippen LogP contribution in [-0.4, -0.2) is 0 Å². The molecule has 0 atom stereocenters. The predicted molar refractivity (Wildman–Crippen MR) is 71.6 cm³/mol. The average Bonchev–Trinajstić information content (AvgIpc) is 2.40. The second kappa shape index (κ2) is 5.17. The van der Waals surface area contributed by atoms with Gasteiger partial charge in [0.25, 0.3) is 0 Å². The topological polar surface area (TPSA) is 47.6 Å². The Morgan fingerprint density at radius 3 is 2.33 bits per heavy atom. The number of nitriles is 2. The largest absolute Gasteiger partial charge is 0.192 e. The van der Waals surface area contributed by atoms with Crippen LogP contribution in [0.4, 0.5) is 0 Å². The van der Waals surface area contributed by atoms with E-state index in [9.17, 15) is 0 Å². The van der Waals surface area contributed by atoms with Crippen LogP contribution < -0.4 is 0 Å². The van der Waals surface area contributed by atoms with Crippen molar-refractivity contribution in [2.24, 2.45) is 0 Å². The van der Waals surface area contributed by atoms with Crippen molar-refractivity contribution in [3.8, 4) is 12.1 Å². The highest BCUT2D eigenvalue weighted by atomic mass is 14.3. The molecule has 0 radical (unpaired) electrons. The van der Waals surface area contributed by atoms with Crippen molar-refractivity contribution in [1.82, 2.24) is 0 Å². The van der Waals surface area contributed by atoms with Crippen LogP contribution in [0.25, 0.3) is 10.8 Å². The van der Waals surface area contributed by atoms with Crippen molar-refractivity contribution >= 4 is 10.8 Å². The van der Waals surface area contributed by atoms with Crippen LogP contribution in [0.5, 0.6) is 0 Å². The van der Waals surface area contributed by atoms with Gasteiger partial charge in [0.1, 0.15) is 17.7 Å². The molecule has 0 aliphatic carbocycles. The Morgan fingerprint density at radius 1 is 1.00 bits per heavy atom. The number of allylic oxidation sites excluding steroid dienone is 2. The van der Waals surface area contributed by atoms with Crippen LogP contribution in [-0.2, 0) is 6.42 Å². The van der Waals surface area contributed by atoms with Gasteiger partial charge in [0.15, 0.2) is 0 Å². The molecular formula is C16H12N2. The summed E-state index contributed by atoms with van der Waals surface area (Å²) >= 11 is 0. The van der Waals surface area contributed by atoms with Crippen molar-refractivity contribution < 1.29 is 0 Å². The van der Waals surface area contributed by atoms with Crippen molar-refractivity contribution in [2.45, 2.75) is 13.3 Å². The van der Waals surface area contributed by atoms with Gasteiger partial charge in [0, 0.05) is 0 Å². The molecule has 0 aliphatic heterocycles. The minimum atomic E-state index is 0.211. The third-order valence-electron chi connectivity index (χ3n) is 2.93. The number of fused-ring (bicyclic) bond motifs is 1. The van der Waals surface area contributed by atoms with E-state index in [4.69, 9.17) is 10.5 Å². The molecule has 0 bridgehead atoms. The number of rotatable bonds is 2. The van der Waals surface area contributed by atoms with Gasteiger partial charge in [-0.05, 0) is 35.3 Å². The van der Waals surface area contributed by atoms with Crippen LogP contribution in [0, 0.1) is 22.7 Å². The number of nitrogens with zero attached hydrogens (tertiary/aromatic N) is 2. The highest BCUT2D eigenvalue weighted by molar-refractivity contribution is 5.83. The number of benzene rings is 2. The maximum absolute atomic E-state index is 8.82. The second-order valence-corrected chi connectivity index (χ2v) is 4.24. The van der Waals surface area contributed by atoms with Gasteiger partial charge in [0.05, 0.1) is 0 Å². The summed E-state index contributed by atoms with van der Waals surface area (Å²) in [5.74, 6) is 0. The van der Waals surface area contributed by atoms with E-state index in [2.05, 4.69) is 24.3 Å². The molecule has 0 fully saturated rings. The lowest BCUT2D eigenvalue weighted by Crippen LogP contribution is -1.90. The highest BCUT2D eigenvalue weighted by Crippen LogP contribution is 2.18. The summed E-state index contributed by atoms with van der Waals surface area (Å²) in [6.07, 6.45) is 0.640. The average molecular weight is 232 g/mol. The molecule has 2 heteroatoms. The maximum atomic E-state index is 8.82. The van der Waals surface area contributed by atoms with E-state index in [1.807, 2.05) is 37.3 Å². The molecule has 0 amide bonds. The first-order valence-corrected chi connectivity index (χ1v) is 5.72. The van der Waals surface area contributed by atoms with E-state index >= 15 is 0 Å². The monoisotopic (exact) mass is 232 g/mol. The third kappa shape index (κ3) is 2.39. The van der Waals surface area contributed by atoms with E-state index in [1.165, 1.54) is 10.8 Å². The Balaban J connectivity index is 2.37. The van der Waals surface area contributed by atoms with E-state index in [-0.39, 0.29) is 5.57 Å². The van der Waals surface area contributed by atoms with Crippen LogP contribution in [0.15, 0.2) is 53.6 Å². The van der Waals surface area contributed by atoms with Gasteiger partial charge in [-0.3, -0.25) is 0 Å². The Bertz CT molecular complexity index is 681. The normalized spacial score (nSPS) is 9.50. The molecule has 0 saturated carbocycles. The molecule has 86 valence electrons. The molecule has 2 rings (SSSR count). The summed E-state index contributed by atoms with van der Waals surface area (Å²) in [6, 6.07) is 18.2. The third-order valence-corrected chi connectivity index (χ3v) is 2.93. The van der Waals surface area contributed by atoms with Crippen molar-refractivity contribution in [2.75, 3.05) is 0 Å². The lowest BCUT2D eigenvalue weighted by atomic mass is 10.00. The molecule has 0 saturated heterocycles. The summed E-state index contributed by atoms with van der Waals surface area (Å²) in [6.45, 7) is 1.83. The first-order chi connectivity index (χ1) is 8.74. The fraction of sp³-hybridized carbons (Fsp3) is 0.125. The fourth-order valence-electron chi connectivity index (χ4n) is 1.96. The Labute approximate surface area is 106 Å². The Hall–Kier alpha value is -2.58. The van der Waals surface area contributed by atoms with Gasteiger partial charge in [-0.1, -0.05) is 42.5 Å². The van der Waals surface area contributed by atoms with Crippen molar-refractivity contribution in [3.63, 3.8) is 0 Å². The molecule has 0 aliphatic rings. The first-order valence-electron chi connectivity index (χ1n) is 5.72. The summed E-state index contributed by atoms with van der Waals surface area (Å²) in [4.78, 5) is 0. The molecular weight excluding hydrogens is 220 g/mol. The van der Waals surface area contributed by atoms with E-state index < -0.39 is 0 Å². The van der Waals surface area contributed by atoms with Crippen LogP contribution in [0.2, 0.25) is 0 Å². The Morgan fingerprint density at radius 2 is 1.67 bits per heavy atom. The lowest BCUT2D eigenvalue weighted by Gasteiger charge is -2.04. The minimum Gasteiger partial charge on any atom is -0.192 e. The van der Waals surface area contributed by atoms with E-state index in [0.717, 1.165) is 11.1 Å². The number of hydrogen-bond acceptors (Lipinski definition) is 2. The molecule has 0 spiro atoms. The lowest BCUT2D eigenvalue weighted by molar-refractivity contribution is 1.13. The van der Waals surface area contributed by atoms with Gasteiger partial charge >= 0.3 is 0 Å². The van der Waals surface area contributed by atoms with Gasteiger partial charge in [-0.25, -0.2) is 0 Å². The zero-order valence-electron chi connectivity index (χ0n) is 10.1. The molecule has 0 unspecified atom stereocenters. The molecule has 2 aromatic rings. The van der Waals surface area contributed by atoms with Crippen LogP contribution >= 0.6 is 0 Å². The molecule has 0 N–H and O–H groups in total. The van der Waals surface area contributed by atoms with Crippen LogP contribution in [0.1, 0.15) is 12.5 Å². The SMILES string of the molecule is CC(Cc1ccc2ccccc2c1)=C(C#N)C#N. The molecule has 0 aromatic heterocycles. The second-order valence-electron chi connectivity index (χ2n) is 4.24. The summed E-state index contributed by atoms with van der Waals surface area (Å²) in [7, 11) is 0. The van der Waals surface area contributed by atoms with Crippen molar-refractivity contribution in [3.05, 3.63) is 59.2 Å². The molecule has 0 heterocycles. The quantitative estimate of drug-likeness (QED) is 0.740. The van der Waals surface area contributed by atoms with E-state index in [1.54, 1.807) is 0 Å². The summed E-state index contributed by atoms with van der Waals surface area (Å²) in [5, 5.41) is 20.0. The molecule has 2 aromatic carbocycles. The van der Waals surface area contributed by atoms with Gasteiger partial charge < -0.3 is 0 Å².